The van der Waals surface area contributed by atoms with Gasteiger partial charge in [0.2, 0.25) is 0 Å². The van der Waals surface area contributed by atoms with Gasteiger partial charge in [-0.1, -0.05) is 19.4 Å². The topological polar surface area (TPSA) is 63.7 Å². The molecule has 2 aromatic rings. The van der Waals surface area contributed by atoms with Gasteiger partial charge in [-0.2, -0.15) is 0 Å². The van der Waals surface area contributed by atoms with Crippen LogP contribution in [0.15, 0.2) is 36.5 Å². The van der Waals surface area contributed by atoms with Crippen molar-refractivity contribution >= 4 is 11.6 Å². The summed E-state index contributed by atoms with van der Waals surface area (Å²) in [6, 6.07) is 9.52. The van der Waals surface area contributed by atoms with Crippen molar-refractivity contribution in [3.63, 3.8) is 0 Å². The van der Waals surface area contributed by atoms with E-state index in [-0.39, 0.29) is 5.91 Å². The van der Waals surface area contributed by atoms with Gasteiger partial charge in [0.25, 0.3) is 5.91 Å². The SMILES string of the molecule is CCCCN(C)c1ccnc(C(=O)NCCc2ccc(OC)c(OC)c2)c1. The molecule has 0 bridgehead atoms. The van der Waals surface area contributed by atoms with Gasteiger partial charge < -0.3 is 19.7 Å². The summed E-state index contributed by atoms with van der Waals surface area (Å²) in [7, 11) is 5.25. The molecule has 0 fully saturated rings. The van der Waals surface area contributed by atoms with Gasteiger partial charge in [0.1, 0.15) is 5.69 Å². The molecule has 1 aromatic heterocycles. The van der Waals surface area contributed by atoms with Crippen LogP contribution in [0, 0.1) is 0 Å². The number of hydrogen-bond donors (Lipinski definition) is 1. The summed E-state index contributed by atoms with van der Waals surface area (Å²) in [5.41, 5.74) is 2.50. The zero-order chi connectivity index (χ0) is 19.6. The molecule has 0 aliphatic carbocycles. The number of nitrogens with one attached hydrogen (secondary N) is 1. The van der Waals surface area contributed by atoms with Crippen LogP contribution in [-0.2, 0) is 6.42 Å². The molecule has 146 valence electrons. The number of carbonyl (C=O) groups is 1. The second-order valence-corrected chi connectivity index (χ2v) is 6.37. The van der Waals surface area contributed by atoms with Crippen LogP contribution in [0.3, 0.4) is 0 Å². The van der Waals surface area contributed by atoms with Crippen molar-refractivity contribution < 1.29 is 14.3 Å². The molecular weight excluding hydrogens is 342 g/mol. The predicted octanol–water partition coefficient (Wildman–Crippen LogP) is 3.31. The van der Waals surface area contributed by atoms with Crippen LogP contribution >= 0.6 is 0 Å². The number of unbranched alkanes of at least 4 members (excludes halogenated alkanes) is 1. The number of benzene rings is 1. The van der Waals surface area contributed by atoms with Gasteiger partial charge >= 0.3 is 0 Å². The molecule has 0 saturated carbocycles. The van der Waals surface area contributed by atoms with E-state index in [1.54, 1.807) is 20.4 Å². The summed E-state index contributed by atoms with van der Waals surface area (Å²) < 4.78 is 10.5. The van der Waals surface area contributed by atoms with Crippen LogP contribution in [0.4, 0.5) is 5.69 Å². The maximum absolute atomic E-state index is 12.4. The van der Waals surface area contributed by atoms with Crippen molar-refractivity contribution in [2.75, 3.05) is 39.3 Å². The molecule has 6 heteroatoms. The molecule has 0 aliphatic heterocycles. The summed E-state index contributed by atoms with van der Waals surface area (Å²) in [5, 5.41) is 2.93. The number of pyridine rings is 1. The fourth-order valence-corrected chi connectivity index (χ4v) is 2.75. The molecule has 0 unspecified atom stereocenters. The number of anilines is 1. The minimum absolute atomic E-state index is 0.166. The first kappa shape index (κ1) is 20.6. The van der Waals surface area contributed by atoms with E-state index in [2.05, 4.69) is 22.1 Å². The van der Waals surface area contributed by atoms with E-state index in [9.17, 15) is 4.79 Å². The average Bonchev–Trinajstić information content (AvgIpc) is 2.71. The summed E-state index contributed by atoms with van der Waals surface area (Å²) in [6.45, 7) is 3.64. The fourth-order valence-electron chi connectivity index (χ4n) is 2.75. The normalized spacial score (nSPS) is 10.4. The number of amides is 1. The maximum atomic E-state index is 12.4. The first-order valence-electron chi connectivity index (χ1n) is 9.25. The summed E-state index contributed by atoms with van der Waals surface area (Å²) >= 11 is 0. The van der Waals surface area contributed by atoms with Gasteiger partial charge in [0, 0.05) is 32.0 Å². The highest BCUT2D eigenvalue weighted by Gasteiger charge is 2.10. The molecule has 27 heavy (non-hydrogen) atoms. The van der Waals surface area contributed by atoms with Crippen LogP contribution in [0.2, 0.25) is 0 Å². The molecule has 0 saturated heterocycles. The largest absolute Gasteiger partial charge is 0.493 e. The molecule has 1 heterocycles. The highest BCUT2D eigenvalue weighted by atomic mass is 16.5. The standard InChI is InChI=1S/C21H29N3O3/c1-5-6-13-24(2)17-10-12-22-18(15-17)21(25)23-11-9-16-7-8-19(26-3)20(14-16)27-4/h7-8,10,12,14-15H,5-6,9,11,13H2,1-4H3,(H,23,25). The van der Waals surface area contributed by atoms with Crippen LogP contribution < -0.4 is 19.7 Å². The number of ether oxygens (including phenoxy) is 2. The quantitative estimate of drug-likeness (QED) is 0.694. The molecular formula is C21H29N3O3. The van der Waals surface area contributed by atoms with Crippen molar-refractivity contribution in [3.8, 4) is 11.5 Å². The lowest BCUT2D eigenvalue weighted by molar-refractivity contribution is 0.0949. The highest BCUT2D eigenvalue weighted by molar-refractivity contribution is 5.93. The smallest absolute Gasteiger partial charge is 0.269 e. The summed E-state index contributed by atoms with van der Waals surface area (Å²) in [5.74, 6) is 1.21. The van der Waals surface area contributed by atoms with Gasteiger partial charge in [0.15, 0.2) is 11.5 Å². The maximum Gasteiger partial charge on any atom is 0.269 e. The Balaban J connectivity index is 1.92. The van der Waals surface area contributed by atoms with Crippen LogP contribution in [-0.4, -0.2) is 45.2 Å². The Labute approximate surface area is 161 Å². The van der Waals surface area contributed by atoms with Crippen molar-refractivity contribution in [2.24, 2.45) is 0 Å². The molecule has 0 radical (unpaired) electrons. The Bertz CT molecular complexity index is 749. The third-order valence-electron chi connectivity index (χ3n) is 4.41. The average molecular weight is 371 g/mol. The van der Waals surface area contributed by atoms with E-state index in [1.165, 1.54) is 0 Å². The highest BCUT2D eigenvalue weighted by Crippen LogP contribution is 2.27. The van der Waals surface area contributed by atoms with Gasteiger partial charge in [-0.05, 0) is 42.7 Å². The predicted molar refractivity (Wildman–Crippen MR) is 108 cm³/mol. The molecule has 0 atom stereocenters. The van der Waals surface area contributed by atoms with E-state index < -0.39 is 0 Å². The van der Waals surface area contributed by atoms with Gasteiger partial charge in [-0.25, -0.2) is 0 Å². The van der Waals surface area contributed by atoms with Crippen LogP contribution in [0.1, 0.15) is 35.8 Å². The van der Waals surface area contributed by atoms with E-state index in [0.29, 0.717) is 30.2 Å². The Morgan fingerprint density at radius 2 is 1.93 bits per heavy atom. The Hall–Kier alpha value is -2.76. The molecule has 0 aliphatic rings. The lowest BCUT2D eigenvalue weighted by Crippen LogP contribution is -2.27. The lowest BCUT2D eigenvalue weighted by Gasteiger charge is -2.19. The first-order chi connectivity index (χ1) is 13.1. The minimum Gasteiger partial charge on any atom is -0.493 e. The van der Waals surface area contributed by atoms with E-state index >= 15 is 0 Å². The molecule has 0 spiro atoms. The summed E-state index contributed by atoms with van der Waals surface area (Å²) in [6.07, 6.45) is 4.63. The number of carbonyl (C=O) groups excluding carboxylic acids is 1. The van der Waals surface area contributed by atoms with Crippen LogP contribution in [0.5, 0.6) is 11.5 Å². The monoisotopic (exact) mass is 371 g/mol. The second-order valence-electron chi connectivity index (χ2n) is 6.37. The van der Waals surface area contributed by atoms with Crippen molar-refractivity contribution in [2.45, 2.75) is 26.2 Å². The van der Waals surface area contributed by atoms with Crippen molar-refractivity contribution in [3.05, 3.63) is 47.8 Å². The Morgan fingerprint density at radius 3 is 2.63 bits per heavy atom. The van der Waals surface area contributed by atoms with Gasteiger partial charge in [-0.15, -0.1) is 0 Å². The number of rotatable bonds is 10. The minimum atomic E-state index is -0.166. The third-order valence-corrected chi connectivity index (χ3v) is 4.41. The van der Waals surface area contributed by atoms with Crippen molar-refractivity contribution in [1.29, 1.82) is 0 Å². The molecule has 1 N–H and O–H groups in total. The number of nitrogens with zero attached hydrogens (tertiary/aromatic N) is 2. The van der Waals surface area contributed by atoms with E-state index in [4.69, 9.17) is 9.47 Å². The van der Waals surface area contributed by atoms with E-state index in [0.717, 1.165) is 30.6 Å². The lowest BCUT2D eigenvalue weighted by atomic mass is 10.1. The molecule has 1 amide bonds. The fraction of sp³-hybridized carbons (Fsp3) is 0.429. The Morgan fingerprint density at radius 1 is 1.15 bits per heavy atom. The first-order valence-corrected chi connectivity index (χ1v) is 9.25. The number of hydrogen-bond acceptors (Lipinski definition) is 5. The second kappa shape index (κ2) is 10.4. The molecule has 6 nitrogen and oxygen atoms in total. The molecule has 2 rings (SSSR count). The number of methoxy groups -OCH3 is 2. The summed E-state index contributed by atoms with van der Waals surface area (Å²) in [4.78, 5) is 18.8. The van der Waals surface area contributed by atoms with E-state index in [1.807, 2.05) is 37.4 Å². The van der Waals surface area contributed by atoms with Crippen LogP contribution in [0.25, 0.3) is 0 Å². The van der Waals surface area contributed by atoms with Gasteiger partial charge in [-0.3, -0.25) is 9.78 Å². The zero-order valence-electron chi connectivity index (χ0n) is 16.6. The van der Waals surface area contributed by atoms with Gasteiger partial charge in [0.05, 0.1) is 14.2 Å². The molecule has 1 aromatic carbocycles. The Kier molecular flexibility index (Phi) is 7.92. The number of aromatic nitrogens is 1. The van der Waals surface area contributed by atoms with Crippen molar-refractivity contribution in [1.82, 2.24) is 10.3 Å². The third kappa shape index (κ3) is 5.88. The zero-order valence-corrected chi connectivity index (χ0v) is 16.6.